The maximum absolute atomic E-state index is 12.4. The summed E-state index contributed by atoms with van der Waals surface area (Å²) in [4.78, 5) is 18.5. The fraction of sp³-hybridized carbons (Fsp3) is 0.769. The number of carbonyl (C=O) groups excluding carboxylic acids is 1. The first kappa shape index (κ1) is 14.0. The van der Waals surface area contributed by atoms with Crippen molar-refractivity contribution < 1.29 is 4.79 Å². The van der Waals surface area contributed by atoms with Crippen molar-refractivity contribution in [3.8, 4) is 0 Å². The Balaban J connectivity index is 2.14. The minimum atomic E-state index is -0.138. The Morgan fingerprint density at radius 1 is 1.47 bits per heavy atom. The van der Waals surface area contributed by atoms with E-state index in [0.717, 1.165) is 18.7 Å². The minimum Gasteiger partial charge on any atom is -0.333 e. The number of amides is 1. The topological polar surface area (TPSA) is 87.9 Å². The van der Waals surface area contributed by atoms with Crippen LogP contribution in [0.5, 0.6) is 0 Å². The van der Waals surface area contributed by atoms with Gasteiger partial charge in [0.2, 0.25) is 5.82 Å². The van der Waals surface area contributed by atoms with Gasteiger partial charge in [-0.05, 0) is 19.8 Å². The summed E-state index contributed by atoms with van der Waals surface area (Å²) in [5.41, 5.74) is 5.77. The molecule has 1 aliphatic heterocycles. The Morgan fingerprint density at radius 2 is 2.16 bits per heavy atom. The van der Waals surface area contributed by atoms with Gasteiger partial charge in [0.1, 0.15) is 5.82 Å². The van der Waals surface area contributed by atoms with Gasteiger partial charge in [-0.2, -0.15) is 0 Å². The summed E-state index contributed by atoms with van der Waals surface area (Å²) >= 11 is 0. The van der Waals surface area contributed by atoms with Crippen LogP contribution < -0.4 is 5.73 Å². The molecule has 19 heavy (non-hydrogen) atoms. The number of nitrogens with one attached hydrogen (secondary N) is 1. The quantitative estimate of drug-likeness (QED) is 0.794. The third-order valence-electron chi connectivity index (χ3n) is 3.56. The van der Waals surface area contributed by atoms with Crippen molar-refractivity contribution in [3.63, 3.8) is 0 Å². The zero-order chi connectivity index (χ0) is 14.2. The number of nitrogens with zero attached hydrogens (tertiary/aromatic N) is 3. The fourth-order valence-corrected chi connectivity index (χ4v) is 2.33. The zero-order valence-electron chi connectivity index (χ0n) is 12.1. The van der Waals surface area contributed by atoms with E-state index >= 15 is 0 Å². The van der Waals surface area contributed by atoms with Gasteiger partial charge in [0.25, 0.3) is 5.91 Å². The Bertz CT molecular complexity index is 462. The lowest BCUT2D eigenvalue weighted by Crippen LogP contribution is -2.48. The molecule has 0 aromatic carbocycles. The van der Waals surface area contributed by atoms with E-state index in [1.807, 2.05) is 32.6 Å². The van der Waals surface area contributed by atoms with E-state index in [1.165, 1.54) is 0 Å². The van der Waals surface area contributed by atoms with Gasteiger partial charge in [-0.25, -0.2) is 4.98 Å². The van der Waals surface area contributed by atoms with Crippen molar-refractivity contribution in [1.29, 1.82) is 0 Å². The molecule has 106 valence electrons. The number of aromatic amines is 1. The molecule has 1 fully saturated rings. The number of H-pyrrole nitrogens is 1. The predicted octanol–water partition coefficient (Wildman–Crippen LogP) is 1.05. The summed E-state index contributed by atoms with van der Waals surface area (Å²) < 4.78 is 0. The number of hydrogen-bond donors (Lipinski definition) is 2. The lowest BCUT2D eigenvalue weighted by molar-refractivity contribution is 0.0606. The van der Waals surface area contributed by atoms with Gasteiger partial charge in [0, 0.05) is 24.0 Å². The molecule has 6 heteroatoms. The summed E-state index contributed by atoms with van der Waals surface area (Å²) in [5.74, 6) is 0.885. The van der Waals surface area contributed by atoms with Crippen LogP contribution in [-0.4, -0.2) is 44.6 Å². The molecule has 1 saturated heterocycles. The molecule has 0 spiro atoms. The second-order valence-electron chi connectivity index (χ2n) is 6.39. The second kappa shape index (κ2) is 4.92. The third-order valence-corrected chi connectivity index (χ3v) is 3.56. The number of rotatable bonds is 1. The highest BCUT2D eigenvalue weighted by Crippen LogP contribution is 2.20. The maximum atomic E-state index is 12.4. The lowest BCUT2D eigenvalue weighted by atomic mass is 9.96. The largest absolute Gasteiger partial charge is 0.333 e. The molecule has 0 aliphatic carbocycles. The molecule has 2 heterocycles. The van der Waals surface area contributed by atoms with Crippen LogP contribution in [0.2, 0.25) is 0 Å². The molecule has 0 saturated carbocycles. The zero-order valence-corrected chi connectivity index (χ0v) is 12.1. The molecule has 1 amide bonds. The van der Waals surface area contributed by atoms with Crippen molar-refractivity contribution in [2.24, 2.45) is 5.73 Å². The predicted molar refractivity (Wildman–Crippen MR) is 72.8 cm³/mol. The average molecular weight is 265 g/mol. The molecule has 2 atom stereocenters. The first-order chi connectivity index (χ1) is 8.79. The smallest absolute Gasteiger partial charge is 0.293 e. The molecular weight excluding hydrogens is 242 g/mol. The van der Waals surface area contributed by atoms with E-state index in [1.54, 1.807) is 0 Å². The van der Waals surface area contributed by atoms with E-state index in [0.29, 0.717) is 6.54 Å². The Morgan fingerprint density at radius 3 is 2.68 bits per heavy atom. The van der Waals surface area contributed by atoms with Crippen LogP contribution in [0, 0.1) is 0 Å². The Hall–Kier alpha value is -1.43. The summed E-state index contributed by atoms with van der Waals surface area (Å²) in [7, 11) is 0. The van der Waals surface area contributed by atoms with Gasteiger partial charge >= 0.3 is 0 Å². The molecule has 2 unspecified atom stereocenters. The molecule has 2 rings (SSSR count). The van der Waals surface area contributed by atoms with Crippen molar-refractivity contribution in [2.75, 3.05) is 6.54 Å². The monoisotopic (exact) mass is 265 g/mol. The van der Waals surface area contributed by atoms with Gasteiger partial charge in [0.05, 0.1) is 0 Å². The van der Waals surface area contributed by atoms with Gasteiger partial charge in [-0.3, -0.25) is 9.89 Å². The van der Waals surface area contributed by atoms with Crippen molar-refractivity contribution in [2.45, 2.75) is 58.0 Å². The minimum absolute atomic E-state index is 0.105. The number of piperidine rings is 1. The first-order valence-electron chi connectivity index (χ1n) is 6.78. The molecular formula is C13H23N5O. The van der Waals surface area contributed by atoms with E-state index in [2.05, 4.69) is 15.2 Å². The molecule has 1 aliphatic rings. The fourth-order valence-electron chi connectivity index (χ4n) is 2.33. The standard InChI is InChI=1S/C13H23N5O/c1-8-7-9(14)5-6-18(8)11(19)10-15-12(17-16-10)13(2,3)4/h8-9H,5-7,14H2,1-4H3,(H,15,16,17). The normalized spacial score (nSPS) is 24.6. The van der Waals surface area contributed by atoms with E-state index in [9.17, 15) is 4.79 Å². The SMILES string of the molecule is CC1CC(N)CCN1C(=O)c1n[nH]c(C(C)(C)C)n1. The summed E-state index contributed by atoms with van der Waals surface area (Å²) in [5, 5.41) is 6.91. The van der Waals surface area contributed by atoms with Crippen LogP contribution in [0.3, 0.4) is 0 Å². The van der Waals surface area contributed by atoms with Crippen LogP contribution in [0.25, 0.3) is 0 Å². The number of carbonyl (C=O) groups is 1. The molecule has 3 N–H and O–H groups in total. The van der Waals surface area contributed by atoms with E-state index < -0.39 is 0 Å². The highest BCUT2D eigenvalue weighted by atomic mass is 16.2. The maximum Gasteiger partial charge on any atom is 0.293 e. The lowest BCUT2D eigenvalue weighted by Gasteiger charge is -2.35. The van der Waals surface area contributed by atoms with Gasteiger partial charge in [0.15, 0.2) is 0 Å². The Kier molecular flexibility index (Phi) is 3.62. The highest BCUT2D eigenvalue weighted by Gasteiger charge is 2.30. The van der Waals surface area contributed by atoms with Crippen LogP contribution in [0.1, 0.15) is 57.0 Å². The summed E-state index contributed by atoms with van der Waals surface area (Å²) in [6.07, 6.45) is 1.68. The van der Waals surface area contributed by atoms with Crippen molar-refractivity contribution in [3.05, 3.63) is 11.6 Å². The number of nitrogens with two attached hydrogens (primary N) is 1. The van der Waals surface area contributed by atoms with Crippen LogP contribution in [0.15, 0.2) is 0 Å². The molecule has 0 radical (unpaired) electrons. The summed E-state index contributed by atoms with van der Waals surface area (Å²) in [6, 6.07) is 0.337. The van der Waals surface area contributed by atoms with Crippen LogP contribution >= 0.6 is 0 Å². The summed E-state index contributed by atoms with van der Waals surface area (Å²) in [6.45, 7) is 8.80. The van der Waals surface area contributed by atoms with E-state index in [-0.39, 0.29) is 29.2 Å². The molecule has 6 nitrogen and oxygen atoms in total. The molecule has 1 aromatic heterocycles. The Labute approximate surface area is 113 Å². The molecule has 1 aromatic rings. The number of likely N-dealkylation sites (tertiary alicyclic amines) is 1. The van der Waals surface area contributed by atoms with Crippen LogP contribution in [-0.2, 0) is 5.41 Å². The van der Waals surface area contributed by atoms with Crippen molar-refractivity contribution >= 4 is 5.91 Å². The van der Waals surface area contributed by atoms with Gasteiger partial charge in [-0.1, -0.05) is 20.8 Å². The number of hydrogen-bond acceptors (Lipinski definition) is 4. The average Bonchev–Trinajstić information content (AvgIpc) is 2.76. The molecule has 0 bridgehead atoms. The van der Waals surface area contributed by atoms with Gasteiger partial charge in [-0.15, -0.1) is 5.10 Å². The second-order valence-corrected chi connectivity index (χ2v) is 6.39. The highest BCUT2D eigenvalue weighted by molar-refractivity contribution is 5.90. The number of aromatic nitrogens is 3. The third kappa shape index (κ3) is 2.94. The van der Waals surface area contributed by atoms with Crippen LogP contribution in [0.4, 0.5) is 0 Å². The van der Waals surface area contributed by atoms with Crippen molar-refractivity contribution in [1.82, 2.24) is 20.1 Å². The first-order valence-corrected chi connectivity index (χ1v) is 6.78. The van der Waals surface area contributed by atoms with Gasteiger partial charge < -0.3 is 10.6 Å². The van der Waals surface area contributed by atoms with E-state index in [4.69, 9.17) is 5.73 Å².